The van der Waals surface area contributed by atoms with Gasteiger partial charge < -0.3 is 5.32 Å². The summed E-state index contributed by atoms with van der Waals surface area (Å²) in [6.45, 7) is 1.34. The van der Waals surface area contributed by atoms with Gasteiger partial charge in [-0.15, -0.1) is 10.2 Å². The normalized spacial score (nSPS) is 17.6. The smallest absolute Gasteiger partial charge is 0.291 e. The number of nitrogens with zero attached hydrogens (tertiary/aromatic N) is 4. The van der Waals surface area contributed by atoms with Crippen molar-refractivity contribution in [2.24, 2.45) is 0 Å². The Bertz CT molecular complexity index is 638. The fourth-order valence-electron chi connectivity index (χ4n) is 2.51. The van der Waals surface area contributed by atoms with Gasteiger partial charge in [0.05, 0.1) is 0 Å². The molecule has 3 heterocycles. The van der Waals surface area contributed by atoms with Gasteiger partial charge in [-0.2, -0.15) is 5.10 Å². The monoisotopic (exact) mass is 328 g/mol. The number of hydrogen-bond acceptors (Lipinski definition) is 6. The zero-order valence-electron chi connectivity index (χ0n) is 11.5. The van der Waals surface area contributed by atoms with Crippen molar-refractivity contribution in [3.05, 3.63) is 23.5 Å². The molecule has 0 atom stereocenters. The maximum absolute atomic E-state index is 12.7. The Hall–Kier alpha value is -1.94. The van der Waals surface area contributed by atoms with Crippen LogP contribution in [0.15, 0.2) is 18.5 Å². The molecule has 2 N–H and O–H groups in total. The number of halogens is 2. The largest absolute Gasteiger partial charge is 0.317 e. The number of aromatic nitrogens is 4. The van der Waals surface area contributed by atoms with Crippen molar-refractivity contribution in [2.75, 3.05) is 18.4 Å². The number of carbonyl (C=O) groups is 1. The molecule has 0 bridgehead atoms. The van der Waals surface area contributed by atoms with Crippen molar-refractivity contribution in [1.29, 1.82) is 0 Å². The molecule has 1 aliphatic rings. The minimum atomic E-state index is -2.69. The zero-order valence-corrected chi connectivity index (χ0v) is 12.3. The van der Waals surface area contributed by atoms with Gasteiger partial charge in [0.1, 0.15) is 5.54 Å². The van der Waals surface area contributed by atoms with Gasteiger partial charge in [0.2, 0.25) is 5.13 Å². The van der Waals surface area contributed by atoms with E-state index in [0.29, 0.717) is 37.3 Å². The van der Waals surface area contributed by atoms with Crippen LogP contribution in [0.5, 0.6) is 0 Å². The molecule has 1 aliphatic heterocycles. The second-order valence-corrected chi connectivity index (χ2v) is 5.94. The van der Waals surface area contributed by atoms with Gasteiger partial charge >= 0.3 is 0 Å². The molecule has 3 rings (SSSR count). The van der Waals surface area contributed by atoms with Crippen molar-refractivity contribution in [3.8, 4) is 0 Å². The van der Waals surface area contributed by atoms with E-state index in [0.717, 1.165) is 0 Å². The Kier molecular flexibility index (Phi) is 4.12. The summed E-state index contributed by atoms with van der Waals surface area (Å²) in [5.74, 6) is -0.310. The first-order chi connectivity index (χ1) is 10.6. The number of amides is 1. The predicted molar refractivity (Wildman–Crippen MR) is 75.8 cm³/mol. The van der Waals surface area contributed by atoms with Crippen molar-refractivity contribution < 1.29 is 13.6 Å². The summed E-state index contributed by atoms with van der Waals surface area (Å²) in [4.78, 5) is 12.7. The summed E-state index contributed by atoms with van der Waals surface area (Å²) >= 11 is 0.680. The van der Waals surface area contributed by atoms with Crippen molar-refractivity contribution >= 4 is 22.4 Å². The van der Waals surface area contributed by atoms with Crippen LogP contribution >= 0.6 is 11.3 Å². The van der Waals surface area contributed by atoms with Gasteiger partial charge in [0.25, 0.3) is 12.3 Å². The summed E-state index contributed by atoms with van der Waals surface area (Å²) in [7, 11) is 0. The summed E-state index contributed by atoms with van der Waals surface area (Å²) in [5, 5.41) is 16.6. The molecule has 0 saturated carbocycles. The Balaban J connectivity index is 1.83. The highest BCUT2D eigenvalue weighted by molar-refractivity contribution is 7.15. The molecule has 1 amide bonds. The average molecular weight is 328 g/mol. The van der Waals surface area contributed by atoms with Gasteiger partial charge in [-0.3, -0.25) is 14.8 Å². The number of anilines is 1. The van der Waals surface area contributed by atoms with Crippen LogP contribution in [0.25, 0.3) is 0 Å². The summed E-state index contributed by atoms with van der Waals surface area (Å²) in [6.07, 6.45) is 1.76. The maximum Gasteiger partial charge on any atom is 0.291 e. The van der Waals surface area contributed by atoms with E-state index in [2.05, 4.69) is 25.9 Å². The number of rotatable bonds is 4. The van der Waals surface area contributed by atoms with E-state index in [-0.39, 0.29) is 11.0 Å². The molecule has 10 heteroatoms. The van der Waals surface area contributed by atoms with Crippen molar-refractivity contribution in [2.45, 2.75) is 24.8 Å². The third kappa shape index (κ3) is 2.71. The molecule has 0 radical (unpaired) electrons. The van der Waals surface area contributed by atoms with Gasteiger partial charge in [0.15, 0.2) is 5.01 Å². The van der Waals surface area contributed by atoms with E-state index in [9.17, 15) is 13.6 Å². The molecular weight excluding hydrogens is 314 g/mol. The lowest BCUT2D eigenvalue weighted by molar-refractivity contribution is -0.126. The minimum absolute atomic E-state index is 0.0744. The number of nitrogens with one attached hydrogen (secondary N) is 2. The second kappa shape index (κ2) is 6.05. The highest BCUT2D eigenvalue weighted by atomic mass is 32.1. The third-order valence-electron chi connectivity index (χ3n) is 3.64. The molecule has 7 nitrogen and oxygen atoms in total. The molecule has 1 fully saturated rings. The number of piperidine rings is 1. The molecule has 0 aromatic carbocycles. The molecule has 118 valence electrons. The fraction of sp³-hybridized carbons (Fsp3) is 0.500. The third-order valence-corrected chi connectivity index (χ3v) is 4.49. The molecular formula is C12H14F2N6OS. The number of carbonyl (C=O) groups excluding carboxylic acids is 1. The van der Waals surface area contributed by atoms with Crippen molar-refractivity contribution in [3.63, 3.8) is 0 Å². The number of hydrogen-bond donors (Lipinski definition) is 2. The molecule has 1 saturated heterocycles. The quantitative estimate of drug-likeness (QED) is 0.886. The SMILES string of the molecule is O=C(Nc1nnc(C(F)F)s1)C1(n2cccn2)CCNCC1. The maximum atomic E-state index is 12.7. The molecule has 22 heavy (non-hydrogen) atoms. The first-order valence-electron chi connectivity index (χ1n) is 6.76. The summed E-state index contributed by atoms with van der Waals surface area (Å²) in [5.41, 5.74) is -0.842. The van der Waals surface area contributed by atoms with Gasteiger partial charge in [0, 0.05) is 12.4 Å². The molecule has 0 unspecified atom stereocenters. The molecule has 2 aromatic rings. The summed E-state index contributed by atoms with van der Waals surface area (Å²) in [6, 6.07) is 1.75. The molecule has 0 aliphatic carbocycles. The first kappa shape index (κ1) is 15.0. The van der Waals surface area contributed by atoms with Crippen LogP contribution < -0.4 is 10.6 Å². The summed E-state index contributed by atoms with van der Waals surface area (Å²) < 4.78 is 26.7. The van der Waals surface area contributed by atoms with Gasteiger partial charge in [-0.05, 0) is 32.0 Å². The van der Waals surface area contributed by atoms with E-state index in [1.807, 2.05) is 0 Å². The van der Waals surface area contributed by atoms with Crippen LogP contribution in [-0.4, -0.2) is 39.0 Å². The Morgan fingerprint density at radius 1 is 1.41 bits per heavy atom. The van der Waals surface area contributed by atoms with E-state index in [1.54, 1.807) is 23.1 Å². The Morgan fingerprint density at radius 3 is 2.77 bits per heavy atom. The topological polar surface area (TPSA) is 84.7 Å². The van der Waals surface area contributed by atoms with Gasteiger partial charge in [-0.1, -0.05) is 11.3 Å². The van der Waals surface area contributed by atoms with Crippen LogP contribution in [0.3, 0.4) is 0 Å². The number of alkyl halides is 2. The van der Waals surface area contributed by atoms with Gasteiger partial charge in [-0.25, -0.2) is 8.78 Å². The predicted octanol–water partition coefficient (Wildman–Crippen LogP) is 1.39. The Labute approximate surface area is 128 Å². The zero-order chi connectivity index (χ0) is 15.6. The van der Waals surface area contributed by atoms with E-state index in [1.165, 1.54) is 0 Å². The average Bonchev–Trinajstić information content (AvgIpc) is 3.19. The molecule has 2 aromatic heterocycles. The van der Waals surface area contributed by atoms with Crippen LogP contribution in [0.4, 0.5) is 13.9 Å². The van der Waals surface area contributed by atoms with Crippen LogP contribution in [0.1, 0.15) is 24.3 Å². The molecule has 0 spiro atoms. The minimum Gasteiger partial charge on any atom is -0.317 e. The lowest BCUT2D eigenvalue weighted by atomic mass is 9.87. The van der Waals surface area contributed by atoms with E-state index in [4.69, 9.17) is 0 Å². The second-order valence-electron chi connectivity index (χ2n) is 4.93. The standard InChI is InChI=1S/C12H14F2N6OS/c13-8(14)9-18-19-11(22-9)17-10(21)12(2-5-15-6-3-12)20-7-1-4-16-20/h1,4,7-8,15H,2-3,5-6H2,(H,17,19,21). The van der Waals surface area contributed by atoms with Crippen LogP contribution in [0, 0.1) is 0 Å². The highest BCUT2D eigenvalue weighted by Crippen LogP contribution is 2.30. The lowest BCUT2D eigenvalue weighted by Gasteiger charge is -2.36. The fourth-order valence-corrected chi connectivity index (χ4v) is 3.10. The Morgan fingerprint density at radius 2 is 2.18 bits per heavy atom. The first-order valence-corrected chi connectivity index (χ1v) is 7.57. The van der Waals surface area contributed by atoms with E-state index < -0.39 is 17.0 Å². The van der Waals surface area contributed by atoms with Crippen molar-refractivity contribution in [1.82, 2.24) is 25.3 Å². The van der Waals surface area contributed by atoms with Crippen LogP contribution in [0.2, 0.25) is 0 Å². The van der Waals surface area contributed by atoms with Crippen LogP contribution in [-0.2, 0) is 10.3 Å². The highest BCUT2D eigenvalue weighted by Gasteiger charge is 2.42. The van der Waals surface area contributed by atoms with E-state index >= 15 is 0 Å². The lowest BCUT2D eigenvalue weighted by Crippen LogP contribution is -2.52.